The third-order valence-corrected chi connectivity index (χ3v) is 4.17. The lowest BCUT2D eigenvalue weighted by Gasteiger charge is -2.21. The van der Waals surface area contributed by atoms with Crippen molar-refractivity contribution >= 4 is 22.9 Å². The van der Waals surface area contributed by atoms with E-state index in [1.807, 2.05) is 0 Å². The number of fused-ring (bicyclic) bond motifs is 1. The molecule has 2 N–H and O–H groups in total. The van der Waals surface area contributed by atoms with E-state index in [1.165, 1.54) is 29.7 Å². The predicted octanol–water partition coefficient (Wildman–Crippen LogP) is 3.17. The van der Waals surface area contributed by atoms with Gasteiger partial charge in [0, 0.05) is 4.88 Å². The lowest BCUT2D eigenvalue weighted by atomic mass is 9.87. The molecule has 0 radical (unpaired) electrons. The van der Waals surface area contributed by atoms with Crippen molar-refractivity contribution in [2.24, 2.45) is 5.73 Å². The topological polar surface area (TPSA) is 26.0 Å². The molecule has 1 unspecified atom stereocenters. The van der Waals surface area contributed by atoms with Gasteiger partial charge in [0.05, 0.1) is 4.34 Å². The average Bonchev–Trinajstić information content (AvgIpc) is 2.47. The first-order chi connectivity index (χ1) is 6.31. The molecule has 1 atom stereocenters. The Morgan fingerprint density at radius 1 is 1.62 bits per heavy atom. The second-order valence-electron chi connectivity index (χ2n) is 3.61. The quantitative estimate of drug-likeness (QED) is 0.806. The maximum atomic E-state index is 6.00. The summed E-state index contributed by atoms with van der Waals surface area (Å²) in [5, 5.41) is 0. The largest absolute Gasteiger partial charge is 0.330 e. The third-order valence-electron chi connectivity index (χ3n) is 2.70. The van der Waals surface area contributed by atoms with E-state index in [1.54, 1.807) is 11.3 Å². The molecule has 0 aromatic carbocycles. The molecule has 1 aromatic heterocycles. The van der Waals surface area contributed by atoms with Crippen molar-refractivity contribution in [3.63, 3.8) is 0 Å². The summed E-state index contributed by atoms with van der Waals surface area (Å²) in [6.45, 7) is 0.791. The first-order valence-corrected chi connectivity index (χ1v) is 5.99. The summed E-state index contributed by atoms with van der Waals surface area (Å²) in [7, 11) is 0. The first kappa shape index (κ1) is 9.50. The van der Waals surface area contributed by atoms with Crippen LogP contribution in [0.4, 0.5) is 0 Å². The molecule has 1 aromatic rings. The Kier molecular flexibility index (Phi) is 2.92. The van der Waals surface area contributed by atoms with Crippen molar-refractivity contribution in [1.29, 1.82) is 0 Å². The average molecular weight is 216 g/mol. The van der Waals surface area contributed by atoms with Crippen molar-refractivity contribution in [3.05, 3.63) is 20.8 Å². The number of halogens is 1. The minimum atomic E-state index is 0.686. The summed E-state index contributed by atoms with van der Waals surface area (Å²) in [6.07, 6.45) is 4.91. The summed E-state index contributed by atoms with van der Waals surface area (Å²) in [4.78, 5) is 1.50. The summed E-state index contributed by atoms with van der Waals surface area (Å²) < 4.78 is 0.939. The van der Waals surface area contributed by atoms with Crippen LogP contribution in [0, 0.1) is 0 Å². The Hall–Kier alpha value is -0.0500. The minimum Gasteiger partial charge on any atom is -0.330 e. The lowest BCUT2D eigenvalue weighted by molar-refractivity contribution is 0.536. The van der Waals surface area contributed by atoms with Gasteiger partial charge in [-0.3, -0.25) is 0 Å². The van der Waals surface area contributed by atoms with E-state index in [-0.39, 0.29) is 0 Å². The molecular weight excluding hydrogens is 202 g/mol. The molecule has 3 heteroatoms. The summed E-state index contributed by atoms with van der Waals surface area (Å²) >= 11 is 7.75. The molecule has 1 heterocycles. The molecule has 0 fully saturated rings. The van der Waals surface area contributed by atoms with Gasteiger partial charge >= 0.3 is 0 Å². The fraction of sp³-hybridized carbons (Fsp3) is 0.600. The number of thiophene rings is 1. The highest BCUT2D eigenvalue weighted by Gasteiger charge is 2.21. The van der Waals surface area contributed by atoms with E-state index in [4.69, 9.17) is 17.3 Å². The standard InChI is InChI=1S/C10H14ClNS/c11-9-6-8-3-1-2-7(4-5-12)10(8)13-9/h6-7H,1-5,12H2. The maximum absolute atomic E-state index is 6.00. The van der Waals surface area contributed by atoms with E-state index in [0.29, 0.717) is 5.92 Å². The van der Waals surface area contributed by atoms with Crippen LogP contribution in [0.3, 0.4) is 0 Å². The molecule has 1 nitrogen and oxygen atoms in total. The Balaban J connectivity index is 2.25. The molecule has 0 aliphatic heterocycles. The SMILES string of the molecule is NCCC1CCCc2cc(Cl)sc21. The number of hydrogen-bond acceptors (Lipinski definition) is 2. The Bertz CT molecular complexity index is 295. The van der Waals surface area contributed by atoms with Crippen LogP contribution < -0.4 is 5.73 Å². The van der Waals surface area contributed by atoms with Gasteiger partial charge in [0.25, 0.3) is 0 Å². The molecule has 1 aliphatic carbocycles. The van der Waals surface area contributed by atoms with Crippen LogP contribution in [-0.2, 0) is 6.42 Å². The van der Waals surface area contributed by atoms with Gasteiger partial charge in [-0.2, -0.15) is 0 Å². The second-order valence-corrected chi connectivity index (χ2v) is 5.32. The highest BCUT2D eigenvalue weighted by molar-refractivity contribution is 7.16. The van der Waals surface area contributed by atoms with Gasteiger partial charge in [-0.25, -0.2) is 0 Å². The summed E-state index contributed by atoms with van der Waals surface area (Å²) in [5.74, 6) is 0.686. The minimum absolute atomic E-state index is 0.686. The molecule has 0 saturated carbocycles. The van der Waals surface area contributed by atoms with Gasteiger partial charge in [0.15, 0.2) is 0 Å². The van der Waals surface area contributed by atoms with Crippen LogP contribution in [0.1, 0.15) is 35.6 Å². The van der Waals surface area contributed by atoms with Crippen molar-refractivity contribution in [1.82, 2.24) is 0 Å². The molecule has 1 aliphatic rings. The monoisotopic (exact) mass is 215 g/mol. The molecular formula is C10H14ClNS. The third kappa shape index (κ3) is 1.90. The van der Waals surface area contributed by atoms with Gasteiger partial charge in [0.1, 0.15) is 0 Å². The van der Waals surface area contributed by atoms with Crippen LogP contribution in [0.25, 0.3) is 0 Å². The van der Waals surface area contributed by atoms with Crippen LogP contribution in [0.15, 0.2) is 6.07 Å². The van der Waals surface area contributed by atoms with Crippen molar-refractivity contribution in [2.45, 2.75) is 31.6 Å². The smallest absolute Gasteiger partial charge is 0.0934 e. The van der Waals surface area contributed by atoms with Gasteiger partial charge in [0.2, 0.25) is 0 Å². The predicted molar refractivity (Wildman–Crippen MR) is 58.7 cm³/mol. The van der Waals surface area contributed by atoms with Crippen molar-refractivity contribution in [3.8, 4) is 0 Å². The Morgan fingerprint density at radius 2 is 2.46 bits per heavy atom. The highest BCUT2D eigenvalue weighted by Crippen LogP contribution is 2.40. The molecule has 0 saturated heterocycles. The Labute approximate surface area is 87.9 Å². The van der Waals surface area contributed by atoms with Crippen LogP contribution in [0.5, 0.6) is 0 Å². The normalized spacial score (nSPS) is 21.5. The van der Waals surface area contributed by atoms with E-state index in [2.05, 4.69) is 6.07 Å². The fourth-order valence-corrected chi connectivity index (χ4v) is 3.58. The number of nitrogens with two attached hydrogens (primary N) is 1. The van der Waals surface area contributed by atoms with Crippen LogP contribution in [-0.4, -0.2) is 6.54 Å². The van der Waals surface area contributed by atoms with E-state index in [9.17, 15) is 0 Å². The maximum Gasteiger partial charge on any atom is 0.0934 e. The van der Waals surface area contributed by atoms with Gasteiger partial charge in [-0.15, -0.1) is 11.3 Å². The van der Waals surface area contributed by atoms with Gasteiger partial charge in [-0.1, -0.05) is 11.6 Å². The summed E-state index contributed by atoms with van der Waals surface area (Å²) in [6, 6.07) is 2.13. The lowest BCUT2D eigenvalue weighted by Crippen LogP contribution is -2.11. The molecule has 0 amide bonds. The number of rotatable bonds is 2. The number of aryl methyl sites for hydroxylation is 1. The fourth-order valence-electron chi connectivity index (χ4n) is 2.10. The van der Waals surface area contributed by atoms with Crippen molar-refractivity contribution in [2.75, 3.05) is 6.54 Å². The molecule has 0 bridgehead atoms. The first-order valence-electron chi connectivity index (χ1n) is 4.79. The number of hydrogen-bond donors (Lipinski definition) is 1. The highest BCUT2D eigenvalue weighted by atomic mass is 35.5. The molecule has 13 heavy (non-hydrogen) atoms. The summed E-state index contributed by atoms with van der Waals surface area (Å²) in [5.41, 5.74) is 7.07. The molecule has 72 valence electrons. The van der Waals surface area contributed by atoms with Gasteiger partial charge in [-0.05, 0) is 49.8 Å². The Morgan fingerprint density at radius 3 is 3.23 bits per heavy atom. The zero-order chi connectivity index (χ0) is 9.26. The van der Waals surface area contributed by atoms with E-state index < -0.39 is 0 Å². The zero-order valence-electron chi connectivity index (χ0n) is 7.55. The van der Waals surface area contributed by atoms with Crippen LogP contribution in [0.2, 0.25) is 4.34 Å². The molecule has 0 spiro atoms. The second kappa shape index (κ2) is 3.99. The van der Waals surface area contributed by atoms with Gasteiger partial charge < -0.3 is 5.73 Å². The van der Waals surface area contributed by atoms with E-state index in [0.717, 1.165) is 17.3 Å². The molecule has 2 rings (SSSR count). The van der Waals surface area contributed by atoms with Crippen LogP contribution >= 0.6 is 22.9 Å². The zero-order valence-corrected chi connectivity index (χ0v) is 9.13. The van der Waals surface area contributed by atoms with Crippen molar-refractivity contribution < 1.29 is 0 Å². The van der Waals surface area contributed by atoms with E-state index >= 15 is 0 Å².